The van der Waals surface area contributed by atoms with Crippen LogP contribution in [0.1, 0.15) is 63.5 Å². The van der Waals surface area contributed by atoms with Crippen LogP contribution in [0.2, 0.25) is 0 Å². The molecule has 1 aliphatic rings. The molecule has 1 unspecified atom stereocenters. The Labute approximate surface area is 200 Å². The van der Waals surface area contributed by atoms with Crippen molar-refractivity contribution in [3.63, 3.8) is 0 Å². The lowest BCUT2D eigenvalue weighted by Crippen LogP contribution is -2.44. The van der Waals surface area contributed by atoms with Crippen LogP contribution < -0.4 is 10.6 Å². The summed E-state index contributed by atoms with van der Waals surface area (Å²) < 4.78 is 5.61. The van der Waals surface area contributed by atoms with Crippen LogP contribution in [0.4, 0.5) is 4.79 Å². The van der Waals surface area contributed by atoms with Gasteiger partial charge in [-0.15, -0.1) is 0 Å². The number of nitrogens with one attached hydrogen (secondary N) is 2. The van der Waals surface area contributed by atoms with Gasteiger partial charge >= 0.3 is 12.1 Å². The molecule has 2 aromatic carbocycles. The Morgan fingerprint density at radius 1 is 0.941 bits per heavy atom. The third-order valence-electron chi connectivity index (χ3n) is 6.28. The fourth-order valence-electron chi connectivity index (χ4n) is 4.51. The van der Waals surface area contributed by atoms with E-state index >= 15 is 0 Å². The number of carboxylic acids is 1. The standard InChI is InChI=1S/C27H34N2O5/c1-4-9-18(14-25(30)29-24(17(2)3)15-26(31)32)28-27(33)34-16-23-21-12-7-5-10-19(21)20-11-6-8-13-22(20)23/h5-8,10-13,17-18,23-24H,4,9,14-16H2,1-3H3,(H,28,33)(H,29,30)(H,31,32)/t18?,24-/m1/s1. The van der Waals surface area contributed by atoms with E-state index in [1.165, 1.54) is 0 Å². The molecule has 7 nitrogen and oxygen atoms in total. The molecule has 7 heteroatoms. The molecule has 0 aromatic heterocycles. The topological polar surface area (TPSA) is 105 Å². The first kappa shape index (κ1) is 25.3. The molecule has 0 saturated heterocycles. The normalized spacial score (nSPS) is 14.1. The maximum atomic E-state index is 12.6. The first-order valence-electron chi connectivity index (χ1n) is 11.9. The van der Waals surface area contributed by atoms with Gasteiger partial charge < -0.3 is 20.5 Å². The van der Waals surface area contributed by atoms with E-state index in [1.807, 2.05) is 45.0 Å². The number of ether oxygens (including phenoxy) is 1. The number of benzene rings is 2. The summed E-state index contributed by atoms with van der Waals surface area (Å²) >= 11 is 0. The predicted octanol–water partition coefficient (Wildman–Crippen LogP) is 4.70. The van der Waals surface area contributed by atoms with Crippen LogP contribution in [-0.4, -0.2) is 41.8 Å². The van der Waals surface area contributed by atoms with Crippen LogP contribution in [0.3, 0.4) is 0 Å². The Balaban J connectivity index is 1.58. The number of carboxylic acid groups (broad SMARTS) is 1. The number of rotatable bonds is 11. The van der Waals surface area contributed by atoms with Gasteiger partial charge in [-0.1, -0.05) is 75.7 Å². The summed E-state index contributed by atoms with van der Waals surface area (Å²) in [4.78, 5) is 36.3. The number of hydrogen-bond acceptors (Lipinski definition) is 4. The lowest BCUT2D eigenvalue weighted by Gasteiger charge is -2.23. The maximum absolute atomic E-state index is 12.6. The average molecular weight is 467 g/mol. The van der Waals surface area contributed by atoms with E-state index in [9.17, 15) is 14.4 Å². The molecule has 2 aromatic rings. The molecule has 182 valence electrons. The van der Waals surface area contributed by atoms with Crippen molar-refractivity contribution in [2.45, 2.75) is 64.5 Å². The molecule has 0 saturated carbocycles. The van der Waals surface area contributed by atoms with E-state index in [1.54, 1.807) is 0 Å². The summed E-state index contributed by atoms with van der Waals surface area (Å²) in [6.07, 6.45) is 0.773. The van der Waals surface area contributed by atoms with E-state index in [4.69, 9.17) is 9.84 Å². The molecule has 3 N–H and O–H groups in total. The van der Waals surface area contributed by atoms with Crippen LogP contribution in [0, 0.1) is 5.92 Å². The summed E-state index contributed by atoms with van der Waals surface area (Å²) in [6.45, 7) is 5.92. The number of fused-ring (bicyclic) bond motifs is 3. The molecule has 3 rings (SSSR count). The van der Waals surface area contributed by atoms with E-state index in [0.717, 1.165) is 28.7 Å². The molecule has 34 heavy (non-hydrogen) atoms. The van der Waals surface area contributed by atoms with Crippen molar-refractivity contribution in [2.24, 2.45) is 5.92 Å². The number of aliphatic carboxylic acids is 1. The van der Waals surface area contributed by atoms with Crippen molar-refractivity contribution in [3.05, 3.63) is 59.7 Å². The zero-order valence-electron chi connectivity index (χ0n) is 20.0. The van der Waals surface area contributed by atoms with Gasteiger partial charge in [-0.05, 0) is 34.6 Å². The zero-order chi connectivity index (χ0) is 24.7. The fourth-order valence-corrected chi connectivity index (χ4v) is 4.51. The molecule has 2 amide bonds. The number of hydrogen-bond donors (Lipinski definition) is 3. The fraction of sp³-hybridized carbons (Fsp3) is 0.444. The van der Waals surface area contributed by atoms with Crippen molar-refractivity contribution in [1.82, 2.24) is 10.6 Å². The third kappa shape index (κ3) is 6.37. The van der Waals surface area contributed by atoms with Gasteiger partial charge in [0.2, 0.25) is 5.91 Å². The Kier molecular flexibility index (Phi) is 8.68. The van der Waals surface area contributed by atoms with Gasteiger partial charge in [-0.2, -0.15) is 0 Å². The number of carbonyl (C=O) groups excluding carboxylic acids is 2. The highest BCUT2D eigenvalue weighted by molar-refractivity contribution is 5.80. The van der Waals surface area contributed by atoms with Crippen molar-refractivity contribution in [1.29, 1.82) is 0 Å². The Morgan fingerprint density at radius 3 is 2.06 bits per heavy atom. The smallest absolute Gasteiger partial charge is 0.407 e. The number of alkyl carbamates (subject to hydrolysis) is 1. The molecule has 0 bridgehead atoms. The highest BCUT2D eigenvalue weighted by Gasteiger charge is 2.29. The quantitative estimate of drug-likeness (QED) is 0.445. The zero-order valence-corrected chi connectivity index (χ0v) is 20.0. The summed E-state index contributed by atoms with van der Waals surface area (Å²) in [5.41, 5.74) is 4.60. The summed E-state index contributed by atoms with van der Waals surface area (Å²) in [5.74, 6) is -1.29. The average Bonchev–Trinajstić information content (AvgIpc) is 3.11. The second kappa shape index (κ2) is 11.7. The maximum Gasteiger partial charge on any atom is 0.407 e. The largest absolute Gasteiger partial charge is 0.481 e. The molecule has 1 aliphatic carbocycles. The second-order valence-corrected chi connectivity index (χ2v) is 9.18. The van der Waals surface area contributed by atoms with Crippen LogP contribution in [0.15, 0.2) is 48.5 Å². The highest BCUT2D eigenvalue weighted by Crippen LogP contribution is 2.44. The Morgan fingerprint density at radius 2 is 1.53 bits per heavy atom. The van der Waals surface area contributed by atoms with Gasteiger partial charge in [0.05, 0.1) is 6.42 Å². The predicted molar refractivity (Wildman–Crippen MR) is 131 cm³/mol. The molecule has 0 fully saturated rings. The summed E-state index contributed by atoms with van der Waals surface area (Å²) in [5, 5.41) is 14.7. The van der Waals surface area contributed by atoms with Gasteiger partial charge in [0, 0.05) is 24.4 Å². The molecule has 0 radical (unpaired) electrons. The molecule has 0 heterocycles. The minimum absolute atomic E-state index is 0.0141. The molecule has 0 spiro atoms. The first-order valence-corrected chi connectivity index (χ1v) is 11.9. The number of amides is 2. The van der Waals surface area contributed by atoms with Crippen LogP contribution in [0.5, 0.6) is 0 Å². The highest BCUT2D eigenvalue weighted by atomic mass is 16.5. The van der Waals surface area contributed by atoms with Crippen LogP contribution >= 0.6 is 0 Å². The summed E-state index contributed by atoms with van der Waals surface area (Å²) in [7, 11) is 0. The van der Waals surface area contributed by atoms with Gasteiger partial charge in [0.15, 0.2) is 0 Å². The monoisotopic (exact) mass is 466 g/mol. The van der Waals surface area contributed by atoms with Crippen molar-refractivity contribution in [3.8, 4) is 11.1 Å². The summed E-state index contributed by atoms with van der Waals surface area (Å²) in [6, 6.07) is 15.4. The van der Waals surface area contributed by atoms with Gasteiger partial charge in [-0.25, -0.2) is 4.79 Å². The van der Waals surface area contributed by atoms with Crippen molar-refractivity contribution >= 4 is 18.0 Å². The van der Waals surface area contributed by atoms with Gasteiger partial charge in [0.25, 0.3) is 0 Å². The lowest BCUT2D eigenvalue weighted by atomic mass is 9.98. The third-order valence-corrected chi connectivity index (χ3v) is 6.28. The van der Waals surface area contributed by atoms with Gasteiger partial charge in [0.1, 0.15) is 6.61 Å². The molecular formula is C27H34N2O5. The van der Waals surface area contributed by atoms with Crippen LogP contribution in [0.25, 0.3) is 11.1 Å². The van der Waals surface area contributed by atoms with Crippen molar-refractivity contribution in [2.75, 3.05) is 6.61 Å². The SMILES string of the molecule is CCCC(CC(=O)N[C@H](CC(=O)O)C(C)C)NC(=O)OCC1c2ccccc2-c2ccccc21. The minimum Gasteiger partial charge on any atom is -0.481 e. The van der Waals surface area contributed by atoms with Gasteiger partial charge in [-0.3, -0.25) is 9.59 Å². The minimum atomic E-state index is -0.958. The van der Waals surface area contributed by atoms with E-state index in [2.05, 4.69) is 34.9 Å². The molecule has 2 atom stereocenters. The Bertz CT molecular complexity index is 974. The Hall–Kier alpha value is -3.35. The molecular weight excluding hydrogens is 432 g/mol. The van der Waals surface area contributed by atoms with Crippen molar-refractivity contribution < 1.29 is 24.2 Å². The molecule has 0 aliphatic heterocycles. The van der Waals surface area contributed by atoms with E-state index in [0.29, 0.717) is 6.42 Å². The van der Waals surface area contributed by atoms with Crippen LogP contribution in [-0.2, 0) is 14.3 Å². The van der Waals surface area contributed by atoms with E-state index < -0.39 is 24.1 Å². The number of carbonyl (C=O) groups is 3. The first-order chi connectivity index (χ1) is 16.3. The lowest BCUT2D eigenvalue weighted by molar-refractivity contribution is -0.138. The van der Waals surface area contributed by atoms with E-state index in [-0.39, 0.29) is 37.2 Å². The second-order valence-electron chi connectivity index (χ2n) is 9.18.